The molecule has 3 aromatic heterocycles. The van der Waals surface area contributed by atoms with Gasteiger partial charge >= 0.3 is 30.4 Å². The third-order valence-corrected chi connectivity index (χ3v) is 11.9. The van der Waals surface area contributed by atoms with E-state index in [1.54, 1.807) is 33.8 Å². The summed E-state index contributed by atoms with van der Waals surface area (Å²) in [5, 5.41) is 0. The van der Waals surface area contributed by atoms with Gasteiger partial charge in [0.05, 0.1) is 6.42 Å². The Morgan fingerprint density at radius 3 is 0.954 bits per heavy atom. The Balaban J connectivity index is 1.67. The average molecular weight is 918 g/mol. The number of pyridine rings is 3. The van der Waals surface area contributed by atoms with Gasteiger partial charge in [-0.15, -0.1) is 0 Å². The molecular weight excluding hydrogens is 876 g/mol. The molecule has 17 heteroatoms. The maximum atomic E-state index is 14.4. The lowest BCUT2D eigenvalue weighted by atomic mass is 9.32. The van der Waals surface area contributed by atoms with E-state index in [4.69, 9.17) is 0 Å². The highest BCUT2D eigenvalue weighted by atomic mass is 19.4. The van der Waals surface area contributed by atoms with Crippen LogP contribution in [0.4, 0.5) is 57.1 Å². The topological polar surface area (TPSA) is 38.7 Å². The molecule has 0 saturated carbocycles. The number of halogens is 13. The largest absolute Gasteiger partial charge is 0.459 e. The zero-order chi connectivity index (χ0) is 48.5. The number of alkyl halides is 13. The molecule has 0 aliphatic heterocycles. The van der Waals surface area contributed by atoms with E-state index in [0.29, 0.717) is 73.1 Å². The highest BCUT2D eigenvalue weighted by Gasteiger charge is 2.60. The minimum atomic E-state index is -5.89. The summed E-state index contributed by atoms with van der Waals surface area (Å²) in [4.78, 5) is 11.2. The molecule has 0 spiro atoms. The van der Waals surface area contributed by atoms with E-state index in [-0.39, 0.29) is 16.8 Å². The molecule has 3 nitrogen and oxygen atoms in total. The van der Waals surface area contributed by atoms with E-state index in [2.05, 4.69) is 15.0 Å². The Hall–Kier alpha value is -5.74. The Morgan fingerprint density at radius 1 is 0.400 bits per heavy atom. The van der Waals surface area contributed by atoms with Crippen LogP contribution in [0.3, 0.4) is 0 Å². The Bertz CT molecular complexity index is 2640. The second-order valence-corrected chi connectivity index (χ2v) is 16.5. The predicted molar refractivity (Wildman–Crippen MR) is 226 cm³/mol. The van der Waals surface area contributed by atoms with Crippen molar-refractivity contribution >= 4 is 23.1 Å². The van der Waals surface area contributed by atoms with E-state index in [1.807, 2.05) is 52.8 Å². The lowest BCUT2D eigenvalue weighted by Gasteiger charge is -2.31. The fourth-order valence-electron chi connectivity index (χ4n) is 9.33. The van der Waals surface area contributed by atoms with Crippen molar-refractivity contribution in [2.24, 2.45) is 0 Å². The van der Waals surface area contributed by atoms with Crippen molar-refractivity contribution in [1.82, 2.24) is 15.0 Å². The summed E-state index contributed by atoms with van der Waals surface area (Å²) in [6, 6.07) is 12.0. The molecule has 0 atom stereocenters. The number of rotatable bonds is 9. The zero-order valence-corrected chi connectivity index (χ0v) is 36.5. The fraction of sp³-hybridized carbons (Fsp3) is 0.312. The van der Waals surface area contributed by atoms with Crippen LogP contribution in [0, 0.1) is 62.3 Å². The maximum Gasteiger partial charge on any atom is 0.459 e. The Kier molecular flexibility index (Phi) is 12.7. The minimum Gasteiger partial charge on any atom is -0.260 e. The van der Waals surface area contributed by atoms with Crippen molar-refractivity contribution in [2.75, 3.05) is 0 Å². The normalized spacial score (nSPS) is 12.8. The van der Waals surface area contributed by atoms with Gasteiger partial charge in [0, 0.05) is 41.0 Å². The summed E-state index contributed by atoms with van der Waals surface area (Å²) < 4.78 is 177. The molecule has 0 saturated heterocycles. The molecule has 342 valence electrons. The van der Waals surface area contributed by atoms with Crippen LogP contribution >= 0.6 is 0 Å². The van der Waals surface area contributed by atoms with E-state index in [1.165, 1.54) is 12.3 Å². The summed E-state index contributed by atoms with van der Waals surface area (Å²) in [7, 11) is 0. The molecule has 65 heavy (non-hydrogen) atoms. The first kappa shape index (κ1) is 48.7. The number of hydrogen-bond acceptors (Lipinski definition) is 3. The molecule has 6 aromatic rings. The van der Waals surface area contributed by atoms with Crippen LogP contribution in [0.15, 0.2) is 73.2 Å². The molecule has 3 aromatic carbocycles. The van der Waals surface area contributed by atoms with Crippen molar-refractivity contribution in [3.05, 3.63) is 140 Å². The molecule has 6 rings (SSSR count). The van der Waals surface area contributed by atoms with Crippen molar-refractivity contribution in [1.29, 1.82) is 0 Å². The van der Waals surface area contributed by atoms with Gasteiger partial charge in [-0.25, -0.2) is 0 Å². The molecule has 0 radical (unpaired) electrons. The third kappa shape index (κ3) is 8.99. The lowest BCUT2D eigenvalue weighted by Crippen LogP contribution is -2.58. The summed E-state index contributed by atoms with van der Waals surface area (Å²) in [5.74, 6) is -10.4. The predicted octanol–water partition coefficient (Wildman–Crippen LogP) is 12.6. The highest BCUT2D eigenvalue weighted by Crippen LogP contribution is 2.45. The Labute approximate surface area is 367 Å². The number of benzene rings is 3. The van der Waals surface area contributed by atoms with Gasteiger partial charge in [0.1, 0.15) is 11.4 Å². The lowest BCUT2D eigenvalue weighted by molar-refractivity contribution is -0.291. The van der Waals surface area contributed by atoms with E-state index >= 15 is 0 Å². The van der Waals surface area contributed by atoms with Crippen LogP contribution in [0.2, 0.25) is 0 Å². The smallest absolute Gasteiger partial charge is 0.260 e. The van der Waals surface area contributed by atoms with Gasteiger partial charge in [-0.05, 0) is 131 Å². The second kappa shape index (κ2) is 16.9. The fourth-order valence-corrected chi connectivity index (χ4v) is 9.33. The molecule has 3 heterocycles. The molecular formula is C48H41BF13N3. The summed E-state index contributed by atoms with van der Waals surface area (Å²) in [6.07, 6.45) is -14.2. The second-order valence-electron chi connectivity index (χ2n) is 16.5. The summed E-state index contributed by atoms with van der Waals surface area (Å²) in [5.41, 5.74) is 7.82. The zero-order valence-electron chi connectivity index (χ0n) is 36.5. The number of hydrogen-bond donors (Lipinski definition) is 0. The van der Waals surface area contributed by atoms with Crippen LogP contribution in [-0.2, 0) is 18.3 Å². The van der Waals surface area contributed by atoms with Gasteiger partial charge in [-0.3, -0.25) is 15.0 Å². The first-order chi connectivity index (χ1) is 29.9. The van der Waals surface area contributed by atoms with Crippen LogP contribution in [0.5, 0.6) is 0 Å². The molecule has 0 bridgehead atoms. The van der Waals surface area contributed by atoms with Crippen molar-refractivity contribution in [3.8, 4) is 33.4 Å². The van der Waals surface area contributed by atoms with Gasteiger partial charge in [-0.2, -0.15) is 57.1 Å². The van der Waals surface area contributed by atoms with Gasteiger partial charge in [0.25, 0.3) is 0 Å². The monoisotopic (exact) mass is 917 g/mol. The molecule has 0 N–H and O–H groups in total. The molecule has 0 aliphatic rings. The molecule has 0 unspecified atom stereocenters. The average Bonchev–Trinajstić information content (AvgIpc) is 3.17. The van der Waals surface area contributed by atoms with Gasteiger partial charge in [0.2, 0.25) is 6.71 Å². The standard InChI is InChI=1S/C48H41BF13N3/c1-23-16-26(4)41(29(7)38(23)32-10-13-35(63-20-32)19-44(50,51)52)49(42-27(5)17-24(2)39(30(42)8)33-11-14-36(64-21-33)45(53,54)47(57,58)59)43-28(6)18-25(3)40(31(43)9)34-12-15-37(65-22-34)46(55,56)48(60,61)62/h10-18,20-22H,19H2,1-9H3. The first-order valence-electron chi connectivity index (χ1n) is 20.1. The number of aromatic nitrogens is 3. The van der Waals surface area contributed by atoms with Crippen molar-refractivity contribution < 1.29 is 57.1 Å². The Morgan fingerprint density at radius 2 is 0.708 bits per heavy atom. The number of nitrogens with zero attached hydrogens (tertiary/aromatic N) is 3. The summed E-state index contributed by atoms with van der Waals surface area (Å²) in [6.45, 7) is 15.6. The molecule has 0 fully saturated rings. The van der Waals surface area contributed by atoms with Crippen LogP contribution in [0.25, 0.3) is 33.4 Å². The van der Waals surface area contributed by atoms with E-state index in [0.717, 1.165) is 52.2 Å². The van der Waals surface area contributed by atoms with E-state index < -0.39 is 54.9 Å². The van der Waals surface area contributed by atoms with Crippen LogP contribution in [-0.4, -0.2) is 40.2 Å². The first-order valence-corrected chi connectivity index (χ1v) is 20.1. The molecule has 0 aliphatic carbocycles. The van der Waals surface area contributed by atoms with Crippen LogP contribution < -0.4 is 16.4 Å². The van der Waals surface area contributed by atoms with Gasteiger partial charge < -0.3 is 0 Å². The van der Waals surface area contributed by atoms with Crippen LogP contribution in [0.1, 0.15) is 67.2 Å². The molecule has 0 amide bonds. The van der Waals surface area contributed by atoms with Crippen molar-refractivity contribution in [2.45, 2.75) is 99.1 Å². The highest BCUT2D eigenvalue weighted by molar-refractivity contribution is 6.97. The number of aryl methyl sites for hydroxylation is 6. The van der Waals surface area contributed by atoms with Gasteiger partial charge in [0.15, 0.2) is 0 Å². The SMILES string of the molecule is Cc1cc(C)c(-c2ccc(CC(F)(F)F)nc2)c(C)c1B(c1c(C)cc(C)c(-c2ccc(C(F)(F)C(F)(F)F)nc2)c1C)c1c(C)cc(C)c(-c2ccc(C(F)(F)C(F)(F)F)nc2)c1C. The van der Waals surface area contributed by atoms with Crippen molar-refractivity contribution in [3.63, 3.8) is 0 Å². The van der Waals surface area contributed by atoms with Gasteiger partial charge in [-0.1, -0.05) is 69.5 Å². The maximum absolute atomic E-state index is 14.4. The quantitative estimate of drug-likeness (QED) is 0.107. The third-order valence-electron chi connectivity index (χ3n) is 11.9. The minimum absolute atomic E-state index is 0.187. The summed E-state index contributed by atoms with van der Waals surface area (Å²) >= 11 is 0. The van der Waals surface area contributed by atoms with E-state index in [9.17, 15) is 57.1 Å².